The summed E-state index contributed by atoms with van der Waals surface area (Å²) in [5.74, 6) is -1.47. The molecule has 0 aliphatic rings. The van der Waals surface area contributed by atoms with E-state index in [1.165, 1.54) is 24.1 Å². The van der Waals surface area contributed by atoms with Gasteiger partial charge in [0.2, 0.25) is 0 Å². The topological polar surface area (TPSA) is 180 Å². The highest BCUT2D eigenvalue weighted by Crippen LogP contribution is 2.24. The number of benzene rings is 1. The van der Waals surface area contributed by atoms with Crippen molar-refractivity contribution in [3.8, 4) is 0 Å². The van der Waals surface area contributed by atoms with Crippen molar-refractivity contribution in [1.82, 2.24) is 19.6 Å². The van der Waals surface area contributed by atoms with Crippen LogP contribution < -0.4 is 10.6 Å². The molecule has 3 rings (SSSR count). The van der Waals surface area contributed by atoms with Crippen LogP contribution in [-0.4, -0.2) is 41.2 Å². The quantitative estimate of drug-likeness (QED) is 0.440. The van der Waals surface area contributed by atoms with E-state index in [4.69, 9.17) is 0 Å². The number of nitro benzene ring substituents is 2. The summed E-state index contributed by atoms with van der Waals surface area (Å²) in [7, 11) is 3.19. The Kier molecular flexibility index (Phi) is 5.46. The molecule has 14 nitrogen and oxygen atoms in total. The van der Waals surface area contributed by atoms with E-state index in [0.29, 0.717) is 11.4 Å². The molecule has 0 atom stereocenters. The second-order valence-corrected chi connectivity index (χ2v) is 6.46. The van der Waals surface area contributed by atoms with Crippen LogP contribution in [-0.2, 0) is 14.1 Å². The van der Waals surface area contributed by atoms with Gasteiger partial charge in [0.05, 0.1) is 50.9 Å². The molecule has 0 saturated heterocycles. The van der Waals surface area contributed by atoms with Gasteiger partial charge in [-0.15, -0.1) is 0 Å². The van der Waals surface area contributed by atoms with Crippen LogP contribution in [0.1, 0.15) is 26.5 Å². The Morgan fingerprint density at radius 2 is 1.39 bits per heavy atom. The molecule has 0 saturated carbocycles. The Hall–Kier alpha value is -4.62. The number of aryl methyl sites for hydroxylation is 2. The lowest BCUT2D eigenvalue weighted by atomic mass is 10.1. The lowest BCUT2D eigenvalue weighted by Crippen LogP contribution is -2.20. The highest BCUT2D eigenvalue weighted by molar-refractivity contribution is 6.12. The second-order valence-electron chi connectivity index (χ2n) is 6.46. The zero-order valence-electron chi connectivity index (χ0n) is 16.5. The van der Waals surface area contributed by atoms with Crippen LogP contribution in [0.25, 0.3) is 0 Å². The maximum absolute atomic E-state index is 12.7. The van der Waals surface area contributed by atoms with Crippen LogP contribution in [0, 0.1) is 27.2 Å². The van der Waals surface area contributed by atoms with E-state index in [1.807, 2.05) is 0 Å². The summed E-state index contributed by atoms with van der Waals surface area (Å²) in [6.45, 7) is 1.75. The number of non-ortho nitro benzene ring substituents is 2. The van der Waals surface area contributed by atoms with Crippen molar-refractivity contribution in [2.24, 2.45) is 14.1 Å². The molecule has 0 bridgehead atoms. The van der Waals surface area contributed by atoms with Crippen LogP contribution in [0.15, 0.2) is 30.6 Å². The summed E-state index contributed by atoms with van der Waals surface area (Å²) >= 11 is 0. The highest BCUT2D eigenvalue weighted by Gasteiger charge is 2.23. The van der Waals surface area contributed by atoms with Gasteiger partial charge in [0, 0.05) is 26.2 Å². The molecule has 1 aromatic carbocycles. The number of amides is 2. The first kappa shape index (κ1) is 21.1. The number of anilines is 2. The average molecular weight is 428 g/mol. The van der Waals surface area contributed by atoms with E-state index >= 15 is 0 Å². The van der Waals surface area contributed by atoms with Gasteiger partial charge >= 0.3 is 0 Å². The van der Waals surface area contributed by atoms with Crippen molar-refractivity contribution >= 4 is 34.6 Å². The molecule has 0 radical (unpaired) electrons. The van der Waals surface area contributed by atoms with Gasteiger partial charge < -0.3 is 10.6 Å². The maximum atomic E-state index is 12.7. The fourth-order valence-electron chi connectivity index (χ4n) is 2.73. The van der Waals surface area contributed by atoms with Gasteiger partial charge in [-0.2, -0.15) is 10.2 Å². The first-order valence-electron chi connectivity index (χ1n) is 8.65. The van der Waals surface area contributed by atoms with Crippen molar-refractivity contribution in [2.45, 2.75) is 6.92 Å². The molecule has 2 N–H and O–H groups in total. The monoisotopic (exact) mass is 428 g/mol. The molecule has 0 fully saturated rings. The maximum Gasteiger partial charge on any atom is 0.277 e. The van der Waals surface area contributed by atoms with E-state index in [9.17, 15) is 29.8 Å². The number of carbonyl (C=O) groups is 2. The molecule has 14 heteroatoms. The fourth-order valence-corrected chi connectivity index (χ4v) is 2.73. The van der Waals surface area contributed by atoms with Crippen LogP contribution in [0.4, 0.5) is 22.7 Å². The van der Waals surface area contributed by atoms with E-state index in [-0.39, 0.29) is 16.9 Å². The molecular formula is C17H16N8O6. The van der Waals surface area contributed by atoms with Gasteiger partial charge in [-0.05, 0) is 6.92 Å². The number of hydrogen-bond donors (Lipinski definition) is 2. The first-order valence-corrected chi connectivity index (χ1v) is 8.65. The third-order valence-electron chi connectivity index (χ3n) is 4.47. The minimum Gasteiger partial charge on any atom is -0.319 e. The van der Waals surface area contributed by atoms with Crippen LogP contribution in [0.5, 0.6) is 0 Å². The van der Waals surface area contributed by atoms with E-state index in [2.05, 4.69) is 20.8 Å². The van der Waals surface area contributed by atoms with Gasteiger partial charge in [0.15, 0.2) is 0 Å². The summed E-state index contributed by atoms with van der Waals surface area (Å²) in [6, 6.07) is 2.55. The highest BCUT2D eigenvalue weighted by atomic mass is 16.6. The lowest BCUT2D eigenvalue weighted by molar-refractivity contribution is -0.394. The van der Waals surface area contributed by atoms with Gasteiger partial charge in [-0.25, -0.2) is 0 Å². The molecule has 2 aromatic heterocycles. The Balaban J connectivity index is 1.90. The van der Waals surface area contributed by atoms with Crippen LogP contribution >= 0.6 is 0 Å². The second kappa shape index (κ2) is 8.02. The third-order valence-corrected chi connectivity index (χ3v) is 4.47. The van der Waals surface area contributed by atoms with Gasteiger partial charge in [-0.3, -0.25) is 39.2 Å². The minimum atomic E-state index is -0.883. The summed E-state index contributed by atoms with van der Waals surface area (Å²) in [5.41, 5.74) is -0.382. The number of aromatic nitrogens is 4. The fraction of sp³-hybridized carbons (Fsp3) is 0.176. The normalized spacial score (nSPS) is 10.5. The number of carbonyl (C=O) groups excluding carboxylic acids is 2. The zero-order valence-corrected chi connectivity index (χ0v) is 16.5. The molecule has 31 heavy (non-hydrogen) atoms. The van der Waals surface area contributed by atoms with Crippen molar-refractivity contribution in [2.75, 3.05) is 10.6 Å². The molecule has 0 unspecified atom stereocenters. The minimum absolute atomic E-state index is 0.00321. The molecule has 160 valence electrons. The number of nitrogens with one attached hydrogen (secondary N) is 2. The van der Waals surface area contributed by atoms with E-state index < -0.39 is 33.0 Å². The molecule has 3 aromatic rings. The Labute approximate surface area is 173 Å². The van der Waals surface area contributed by atoms with Crippen molar-refractivity contribution in [1.29, 1.82) is 0 Å². The molecule has 2 amide bonds. The molecule has 2 heterocycles. The largest absolute Gasteiger partial charge is 0.319 e. The lowest BCUT2D eigenvalue weighted by Gasteiger charge is -2.09. The third kappa shape index (κ3) is 4.21. The SMILES string of the molecule is Cc1c(NC(=O)c2c(NC(=O)c3cc([N+](=O)[O-])cc([N+](=O)[O-])c3)cnn2C)cnn1C. The number of rotatable bonds is 6. The predicted octanol–water partition coefficient (Wildman–Crippen LogP) is 1.78. The summed E-state index contributed by atoms with van der Waals surface area (Å²) in [6.07, 6.45) is 2.68. The Bertz CT molecular complexity index is 1200. The average Bonchev–Trinajstić information content (AvgIpc) is 3.23. The van der Waals surface area contributed by atoms with Crippen molar-refractivity contribution in [3.63, 3.8) is 0 Å². The van der Waals surface area contributed by atoms with E-state index in [0.717, 1.165) is 18.2 Å². The number of nitrogens with zero attached hydrogens (tertiary/aromatic N) is 6. The first-order chi connectivity index (χ1) is 14.6. The van der Waals surface area contributed by atoms with Crippen LogP contribution in [0.3, 0.4) is 0 Å². The standard InChI is InChI=1S/C17H16N8O6/c1-9-13(7-18-22(9)2)20-17(27)15-14(8-19-23(15)3)21-16(26)10-4-11(24(28)29)6-12(5-10)25(30)31/h4-8H,1-3H3,(H,20,27)(H,21,26). The summed E-state index contributed by atoms with van der Waals surface area (Å²) < 4.78 is 2.79. The number of hydrogen-bond acceptors (Lipinski definition) is 8. The van der Waals surface area contributed by atoms with Gasteiger partial charge in [0.1, 0.15) is 5.69 Å². The zero-order chi connectivity index (χ0) is 22.9. The smallest absolute Gasteiger partial charge is 0.277 e. The van der Waals surface area contributed by atoms with Gasteiger partial charge in [-0.1, -0.05) is 0 Å². The van der Waals surface area contributed by atoms with E-state index in [1.54, 1.807) is 18.7 Å². The molecule has 0 spiro atoms. The van der Waals surface area contributed by atoms with Crippen molar-refractivity contribution in [3.05, 3.63) is 67.8 Å². The Morgan fingerprint density at radius 3 is 1.90 bits per heavy atom. The van der Waals surface area contributed by atoms with Crippen molar-refractivity contribution < 1.29 is 19.4 Å². The number of nitro groups is 2. The summed E-state index contributed by atoms with van der Waals surface area (Å²) in [5, 5.41) is 35.1. The molecular weight excluding hydrogens is 412 g/mol. The Morgan fingerprint density at radius 1 is 0.871 bits per heavy atom. The molecule has 0 aliphatic carbocycles. The van der Waals surface area contributed by atoms with Crippen LogP contribution in [0.2, 0.25) is 0 Å². The summed E-state index contributed by atoms with van der Waals surface area (Å²) in [4.78, 5) is 45.8. The predicted molar refractivity (Wildman–Crippen MR) is 107 cm³/mol. The van der Waals surface area contributed by atoms with Gasteiger partial charge in [0.25, 0.3) is 23.2 Å². The molecule has 0 aliphatic heterocycles.